The van der Waals surface area contributed by atoms with E-state index in [0.717, 1.165) is 29.5 Å². The van der Waals surface area contributed by atoms with Crippen LogP contribution in [0.5, 0.6) is 0 Å². The minimum absolute atomic E-state index is 0.213. The van der Waals surface area contributed by atoms with E-state index in [1.807, 2.05) is 12.1 Å². The SMILES string of the molecule is CCCn1c(C2CC2)nnc1C(C)(C)c1ccc(C#N)s1. The molecular formula is C16H20N4S. The van der Waals surface area contributed by atoms with Gasteiger partial charge in [0.2, 0.25) is 0 Å². The van der Waals surface area contributed by atoms with Crippen LogP contribution in [0.3, 0.4) is 0 Å². The summed E-state index contributed by atoms with van der Waals surface area (Å²) in [7, 11) is 0. The monoisotopic (exact) mass is 300 g/mol. The second kappa shape index (κ2) is 5.27. The van der Waals surface area contributed by atoms with Crippen LogP contribution in [0.1, 0.15) is 67.4 Å². The lowest BCUT2D eigenvalue weighted by atomic mass is 9.90. The average Bonchev–Trinajstić information content (AvgIpc) is 3.03. The zero-order valence-electron chi connectivity index (χ0n) is 12.8. The zero-order chi connectivity index (χ0) is 15.0. The van der Waals surface area contributed by atoms with Gasteiger partial charge in [0.1, 0.15) is 22.6 Å². The molecule has 0 spiro atoms. The second-order valence-electron chi connectivity index (χ2n) is 6.21. The third kappa shape index (κ3) is 2.49. The van der Waals surface area contributed by atoms with E-state index in [0.29, 0.717) is 5.92 Å². The first-order valence-electron chi connectivity index (χ1n) is 7.52. The summed E-state index contributed by atoms with van der Waals surface area (Å²) in [5.41, 5.74) is -0.213. The first-order chi connectivity index (χ1) is 10.1. The Balaban J connectivity index is 2.03. The topological polar surface area (TPSA) is 54.5 Å². The van der Waals surface area contributed by atoms with Crippen LogP contribution in [-0.2, 0) is 12.0 Å². The van der Waals surface area contributed by atoms with E-state index < -0.39 is 0 Å². The Morgan fingerprint density at radius 3 is 2.71 bits per heavy atom. The van der Waals surface area contributed by atoms with Crippen LogP contribution in [0.4, 0.5) is 0 Å². The summed E-state index contributed by atoms with van der Waals surface area (Å²) in [6, 6.07) is 6.16. The first kappa shape index (κ1) is 14.3. The highest BCUT2D eigenvalue weighted by Crippen LogP contribution is 2.42. The largest absolute Gasteiger partial charge is 0.314 e. The van der Waals surface area contributed by atoms with E-state index in [1.165, 1.54) is 17.7 Å². The molecule has 110 valence electrons. The highest BCUT2D eigenvalue weighted by molar-refractivity contribution is 7.12. The smallest absolute Gasteiger partial charge is 0.143 e. The Kier molecular flexibility index (Phi) is 3.58. The summed E-state index contributed by atoms with van der Waals surface area (Å²) < 4.78 is 2.31. The summed E-state index contributed by atoms with van der Waals surface area (Å²) in [5.74, 6) is 2.78. The fraction of sp³-hybridized carbons (Fsp3) is 0.562. The summed E-state index contributed by atoms with van der Waals surface area (Å²) in [4.78, 5) is 1.92. The van der Waals surface area contributed by atoms with Crippen molar-refractivity contribution in [3.8, 4) is 6.07 Å². The number of nitriles is 1. The molecule has 0 amide bonds. The zero-order valence-corrected chi connectivity index (χ0v) is 13.6. The van der Waals surface area contributed by atoms with Crippen molar-refractivity contribution in [1.29, 1.82) is 5.26 Å². The highest BCUT2D eigenvalue weighted by Gasteiger charge is 2.36. The van der Waals surface area contributed by atoms with E-state index in [2.05, 4.69) is 41.6 Å². The Bertz CT molecular complexity index is 685. The molecule has 0 atom stereocenters. The number of nitrogens with zero attached hydrogens (tertiary/aromatic N) is 4. The molecule has 0 bridgehead atoms. The van der Waals surface area contributed by atoms with Crippen molar-refractivity contribution < 1.29 is 0 Å². The van der Waals surface area contributed by atoms with Gasteiger partial charge in [0.15, 0.2) is 0 Å². The Morgan fingerprint density at radius 1 is 1.38 bits per heavy atom. The van der Waals surface area contributed by atoms with Gasteiger partial charge in [-0.05, 0) is 45.2 Å². The summed E-state index contributed by atoms with van der Waals surface area (Å²) in [6.45, 7) is 7.50. The van der Waals surface area contributed by atoms with E-state index in [-0.39, 0.29) is 5.41 Å². The van der Waals surface area contributed by atoms with Crippen molar-refractivity contribution >= 4 is 11.3 Å². The van der Waals surface area contributed by atoms with Crippen LogP contribution < -0.4 is 0 Å². The molecule has 0 radical (unpaired) electrons. The van der Waals surface area contributed by atoms with E-state index >= 15 is 0 Å². The lowest BCUT2D eigenvalue weighted by molar-refractivity contribution is 0.522. The van der Waals surface area contributed by atoms with Crippen LogP contribution in [-0.4, -0.2) is 14.8 Å². The molecule has 3 rings (SSSR count). The molecule has 1 aliphatic rings. The highest BCUT2D eigenvalue weighted by atomic mass is 32.1. The van der Waals surface area contributed by atoms with Gasteiger partial charge in [-0.3, -0.25) is 0 Å². The standard InChI is InChI=1S/C16H20N4S/c1-4-9-20-14(11-5-6-11)18-19-15(20)16(2,3)13-8-7-12(10-17)21-13/h7-8,11H,4-6,9H2,1-3H3. The molecule has 0 aromatic carbocycles. The molecule has 0 N–H and O–H groups in total. The summed E-state index contributed by atoms with van der Waals surface area (Å²) in [5, 5.41) is 18.0. The molecule has 2 aromatic heterocycles. The lowest BCUT2D eigenvalue weighted by Gasteiger charge is -2.23. The predicted octanol–water partition coefficient (Wildman–Crippen LogP) is 3.82. The van der Waals surface area contributed by atoms with Gasteiger partial charge in [0, 0.05) is 17.3 Å². The van der Waals surface area contributed by atoms with Gasteiger partial charge in [0.05, 0.1) is 5.41 Å². The number of aromatic nitrogens is 3. The van der Waals surface area contributed by atoms with Crippen LogP contribution in [0, 0.1) is 11.3 Å². The molecule has 1 fully saturated rings. The van der Waals surface area contributed by atoms with Crippen LogP contribution >= 0.6 is 11.3 Å². The maximum absolute atomic E-state index is 9.04. The Labute approximate surface area is 129 Å². The molecule has 0 saturated heterocycles. The van der Waals surface area contributed by atoms with Gasteiger partial charge >= 0.3 is 0 Å². The van der Waals surface area contributed by atoms with Gasteiger partial charge in [-0.15, -0.1) is 21.5 Å². The normalized spacial score (nSPS) is 15.1. The molecule has 0 unspecified atom stereocenters. The minimum atomic E-state index is -0.213. The fourth-order valence-electron chi connectivity index (χ4n) is 2.71. The molecule has 2 heterocycles. The first-order valence-corrected chi connectivity index (χ1v) is 8.33. The average molecular weight is 300 g/mol. The molecule has 5 heteroatoms. The molecular weight excluding hydrogens is 280 g/mol. The molecule has 21 heavy (non-hydrogen) atoms. The van der Waals surface area contributed by atoms with Crippen LogP contribution in [0.25, 0.3) is 0 Å². The maximum atomic E-state index is 9.04. The van der Waals surface area contributed by atoms with Crippen molar-refractivity contribution in [2.45, 2.75) is 57.9 Å². The summed E-state index contributed by atoms with van der Waals surface area (Å²) >= 11 is 1.55. The van der Waals surface area contributed by atoms with E-state index in [4.69, 9.17) is 5.26 Å². The number of hydrogen-bond donors (Lipinski definition) is 0. The van der Waals surface area contributed by atoms with Gasteiger partial charge in [-0.1, -0.05) is 6.92 Å². The van der Waals surface area contributed by atoms with Crippen molar-refractivity contribution in [3.63, 3.8) is 0 Å². The minimum Gasteiger partial charge on any atom is -0.314 e. The number of hydrogen-bond acceptors (Lipinski definition) is 4. The van der Waals surface area contributed by atoms with Crippen LogP contribution in [0.2, 0.25) is 0 Å². The lowest BCUT2D eigenvalue weighted by Crippen LogP contribution is -2.24. The number of rotatable bonds is 5. The van der Waals surface area contributed by atoms with Crippen LogP contribution in [0.15, 0.2) is 12.1 Å². The van der Waals surface area contributed by atoms with Crippen molar-refractivity contribution in [2.75, 3.05) is 0 Å². The number of thiophene rings is 1. The van der Waals surface area contributed by atoms with Gasteiger partial charge in [-0.2, -0.15) is 5.26 Å². The van der Waals surface area contributed by atoms with Crippen molar-refractivity contribution in [1.82, 2.24) is 14.8 Å². The predicted molar refractivity (Wildman–Crippen MR) is 83.5 cm³/mol. The molecule has 0 aliphatic heterocycles. The second-order valence-corrected chi connectivity index (χ2v) is 7.29. The molecule has 4 nitrogen and oxygen atoms in total. The van der Waals surface area contributed by atoms with Gasteiger partial charge in [0.25, 0.3) is 0 Å². The molecule has 1 aliphatic carbocycles. The maximum Gasteiger partial charge on any atom is 0.143 e. The van der Waals surface area contributed by atoms with E-state index in [9.17, 15) is 0 Å². The third-order valence-corrected chi connectivity index (χ3v) is 5.37. The van der Waals surface area contributed by atoms with Crippen molar-refractivity contribution in [3.05, 3.63) is 33.5 Å². The summed E-state index contributed by atoms with van der Waals surface area (Å²) in [6.07, 6.45) is 3.55. The van der Waals surface area contributed by atoms with E-state index in [1.54, 1.807) is 11.3 Å². The van der Waals surface area contributed by atoms with Gasteiger partial charge < -0.3 is 4.57 Å². The third-order valence-electron chi connectivity index (χ3n) is 4.06. The fourth-order valence-corrected chi connectivity index (χ4v) is 3.61. The Morgan fingerprint density at radius 2 is 2.14 bits per heavy atom. The molecule has 2 aromatic rings. The quantitative estimate of drug-likeness (QED) is 0.843. The van der Waals surface area contributed by atoms with Gasteiger partial charge in [-0.25, -0.2) is 0 Å². The van der Waals surface area contributed by atoms with Crippen molar-refractivity contribution in [2.24, 2.45) is 0 Å². The molecule has 1 saturated carbocycles. The Hall–Kier alpha value is -1.67.